The van der Waals surface area contributed by atoms with E-state index in [4.69, 9.17) is 4.74 Å². The lowest BCUT2D eigenvalue weighted by Crippen LogP contribution is -2.52. The first-order valence-corrected chi connectivity index (χ1v) is 9.18. The van der Waals surface area contributed by atoms with E-state index in [9.17, 15) is 14.9 Å². The van der Waals surface area contributed by atoms with Gasteiger partial charge in [0.25, 0.3) is 5.91 Å². The Balaban J connectivity index is 1.64. The molecule has 3 rings (SSSR count). The van der Waals surface area contributed by atoms with Crippen LogP contribution in [0.4, 0.5) is 0 Å². The van der Waals surface area contributed by atoms with Gasteiger partial charge in [0.15, 0.2) is 6.10 Å². The van der Waals surface area contributed by atoms with Gasteiger partial charge in [-0.15, -0.1) is 11.3 Å². The van der Waals surface area contributed by atoms with Crippen molar-refractivity contribution in [2.75, 3.05) is 0 Å². The molecule has 1 saturated carbocycles. The van der Waals surface area contributed by atoms with Gasteiger partial charge in [-0.1, -0.05) is 19.3 Å². The summed E-state index contributed by atoms with van der Waals surface area (Å²) in [7, 11) is 0. The zero-order valence-electron chi connectivity index (χ0n) is 13.9. The third kappa shape index (κ3) is 3.80. The summed E-state index contributed by atoms with van der Waals surface area (Å²) in [5, 5.41) is 12.2. The monoisotopic (exact) mass is 357 g/mol. The number of nitrogens with zero attached hydrogens (tertiary/aromatic N) is 2. The van der Waals surface area contributed by atoms with Crippen LogP contribution >= 0.6 is 11.3 Å². The number of amides is 1. The molecule has 1 amide bonds. The van der Waals surface area contributed by atoms with Crippen molar-refractivity contribution >= 4 is 33.4 Å². The van der Waals surface area contributed by atoms with Gasteiger partial charge >= 0.3 is 5.97 Å². The van der Waals surface area contributed by atoms with E-state index >= 15 is 0 Å². The number of carbonyl (C=O) groups is 2. The molecule has 0 aliphatic heterocycles. The van der Waals surface area contributed by atoms with Crippen molar-refractivity contribution in [1.29, 1.82) is 5.26 Å². The summed E-state index contributed by atoms with van der Waals surface area (Å²) in [6.07, 6.45) is 3.21. The zero-order valence-corrected chi connectivity index (χ0v) is 14.8. The van der Waals surface area contributed by atoms with Gasteiger partial charge in [0, 0.05) is 0 Å². The van der Waals surface area contributed by atoms with Gasteiger partial charge in [0.2, 0.25) is 0 Å². The molecule has 0 radical (unpaired) electrons. The van der Waals surface area contributed by atoms with Gasteiger partial charge in [0.1, 0.15) is 5.54 Å². The Morgan fingerprint density at radius 1 is 1.36 bits per heavy atom. The van der Waals surface area contributed by atoms with Crippen LogP contribution in [0.5, 0.6) is 0 Å². The van der Waals surface area contributed by atoms with Crippen LogP contribution in [-0.2, 0) is 9.53 Å². The molecule has 0 saturated heterocycles. The van der Waals surface area contributed by atoms with Crippen molar-refractivity contribution in [3.8, 4) is 6.07 Å². The first kappa shape index (κ1) is 17.4. The Morgan fingerprint density at radius 3 is 2.84 bits per heavy atom. The van der Waals surface area contributed by atoms with Crippen LogP contribution < -0.4 is 5.32 Å². The van der Waals surface area contributed by atoms with E-state index in [0.29, 0.717) is 18.4 Å². The van der Waals surface area contributed by atoms with Crippen molar-refractivity contribution in [3.05, 3.63) is 29.3 Å². The minimum atomic E-state index is -0.961. The molecule has 6 nitrogen and oxygen atoms in total. The summed E-state index contributed by atoms with van der Waals surface area (Å²) in [4.78, 5) is 28.8. The van der Waals surface area contributed by atoms with Gasteiger partial charge in [-0.25, -0.2) is 9.78 Å². The van der Waals surface area contributed by atoms with E-state index < -0.39 is 23.5 Å². The summed E-state index contributed by atoms with van der Waals surface area (Å²) in [5.41, 5.74) is 2.07. The van der Waals surface area contributed by atoms with Gasteiger partial charge < -0.3 is 10.1 Å². The summed E-state index contributed by atoms with van der Waals surface area (Å²) < 4.78 is 6.16. The van der Waals surface area contributed by atoms with Gasteiger partial charge in [0.05, 0.1) is 27.4 Å². The lowest BCUT2D eigenvalue weighted by atomic mass is 9.83. The molecule has 1 aliphatic rings. The minimum Gasteiger partial charge on any atom is -0.449 e. The molecule has 1 aromatic heterocycles. The Labute approximate surface area is 149 Å². The number of nitrogens with one attached hydrogen (secondary N) is 1. The number of carbonyl (C=O) groups excluding carboxylic acids is 2. The summed E-state index contributed by atoms with van der Waals surface area (Å²) in [5.74, 6) is -0.997. The highest BCUT2D eigenvalue weighted by Crippen LogP contribution is 2.27. The van der Waals surface area contributed by atoms with Gasteiger partial charge in [-0.2, -0.15) is 5.26 Å². The lowest BCUT2D eigenvalue weighted by Gasteiger charge is -2.32. The van der Waals surface area contributed by atoms with Crippen LogP contribution in [0.15, 0.2) is 23.7 Å². The first-order valence-electron chi connectivity index (χ1n) is 8.30. The lowest BCUT2D eigenvalue weighted by molar-refractivity contribution is -0.130. The Morgan fingerprint density at radius 2 is 2.12 bits per heavy atom. The molecule has 1 aromatic carbocycles. The maximum absolute atomic E-state index is 12.4. The second-order valence-corrected chi connectivity index (χ2v) is 7.21. The smallest absolute Gasteiger partial charge is 0.338 e. The van der Waals surface area contributed by atoms with Crippen LogP contribution in [-0.4, -0.2) is 28.5 Å². The molecule has 1 N–H and O–H groups in total. The zero-order chi connectivity index (χ0) is 17.9. The highest BCUT2D eigenvalue weighted by atomic mass is 32.1. The quantitative estimate of drug-likeness (QED) is 0.849. The number of esters is 1. The van der Waals surface area contributed by atoms with E-state index in [1.807, 2.05) is 0 Å². The Hall–Kier alpha value is -2.46. The number of nitriles is 1. The number of fused-ring (bicyclic) bond motifs is 1. The third-order valence-corrected chi connectivity index (χ3v) is 5.30. The molecule has 25 heavy (non-hydrogen) atoms. The molecule has 0 spiro atoms. The van der Waals surface area contributed by atoms with Crippen LogP contribution in [0.2, 0.25) is 0 Å². The number of hydrogen-bond acceptors (Lipinski definition) is 6. The van der Waals surface area contributed by atoms with E-state index in [-0.39, 0.29) is 0 Å². The predicted octanol–water partition coefficient (Wildman–Crippen LogP) is 3.18. The summed E-state index contributed by atoms with van der Waals surface area (Å²) >= 11 is 1.44. The standard InChI is InChI=1S/C18H19N3O3S/c1-12(16(22)21-18(10-19)7-3-2-4-8-18)24-17(23)13-5-6-14-15(9-13)25-11-20-14/h5-6,9,11-12H,2-4,7-8H2,1H3,(H,21,22)/t12-/m0/s1. The van der Waals surface area contributed by atoms with E-state index in [1.165, 1.54) is 18.3 Å². The number of rotatable bonds is 4. The highest BCUT2D eigenvalue weighted by molar-refractivity contribution is 7.16. The summed E-state index contributed by atoms with van der Waals surface area (Å²) in [6, 6.07) is 7.32. The normalized spacial score (nSPS) is 17.4. The fraction of sp³-hybridized carbons (Fsp3) is 0.444. The molecule has 1 heterocycles. The number of hydrogen-bond donors (Lipinski definition) is 1. The average Bonchev–Trinajstić information content (AvgIpc) is 3.10. The fourth-order valence-corrected chi connectivity index (χ4v) is 3.74. The van der Waals surface area contributed by atoms with Crippen molar-refractivity contribution in [3.63, 3.8) is 0 Å². The highest BCUT2D eigenvalue weighted by Gasteiger charge is 2.35. The molecule has 1 atom stereocenters. The molecule has 0 bridgehead atoms. The molecule has 2 aromatic rings. The van der Waals surface area contributed by atoms with Gasteiger partial charge in [-0.3, -0.25) is 4.79 Å². The summed E-state index contributed by atoms with van der Waals surface area (Å²) in [6.45, 7) is 1.52. The first-order chi connectivity index (χ1) is 12.0. The van der Waals surface area contributed by atoms with Crippen LogP contribution in [0.3, 0.4) is 0 Å². The molecular formula is C18H19N3O3S. The van der Waals surface area contributed by atoms with E-state index in [2.05, 4.69) is 16.4 Å². The average molecular weight is 357 g/mol. The number of ether oxygens (including phenoxy) is 1. The number of benzene rings is 1. The minimum absolute atomic E-state index is 0.379. The SMILES string of the molecule is C[C@H](OC(=O)c1ccc2ncsc2c1)C(=O)NC1(C#N)CCCCC1. The number of aromatic nitrogens is 1. The van der Waals surface area contributed by atoms with Crippen molar-refractivity contribution in [2.24, 2.45) is 0 Å². The van der Waals surface area contributed by atoms with Crippen LogP contribution in [0.1, 0.15) is 49.4 Å². The number of thiazole rings is 1. The van der Waals surface area contributed by atoms with Crippen molar-refractivity contribution in [1.82, 2.24) is 10.3 Å². The maximum atomic E-state index is 12.4. The fourth-order valence-electron chi connectivity index (χ4n) is 3.02. The molecule has 130 valence electrons. The largest absolute Gasteiger partial charge is 0.449 e. The third-order valence-electron chi connectivity index (χ3n) is 4.50. The topological polar surface area (TPSA) is 92.1 Å². The molecular weight excluding hydrogens is 338 g/mol. The van der Waals surface area contributed by atoms with E-state index in [0.717, 1.165) is 29.5 Å². The second-order valence-electron chi connectivity index (χ2n) is 6.33. The predicted molar refractivity (Wildman–Crippen MR) is 94.1 cm³/mol. The van der Waals surface area contributed by atoms with Crippen molar-refractivity contribution < 1.29 is 14.3 Å². The van der Waals surface area contributed by atoms with Crippen molar-refractivity contribution in [2.45, 2.75) is 50.7 Å². The molecule has 0 unspecified atom stereocenters. The van der Waals surface area contributed by atoms with Crippen LogP contribution in [0, 0.1) is 11.3 Å². The second kappa shape index (κ2) is 7.19. The Kier molecular flexibility index (Phi) is 5.00. The van der Waals surface area contributed by atoms with Gasteiger partial charge in [-0.05, 0) is 38.0 Å². The maximum Gasteiger partial charge on any atom is 0.338 e. The molecule has 7 heteroatoms. The molecule has 1 aliphatic carbocycles. The van der Waals surface area contributed by atoms with E-state index in [1.54, 1.807) is 23.7 Å². The Bertz CT molecular complexity index is 833. The van der Waals surface area contributed by atoms with Crippen LogP contribution in [0.25, 0.3) is 10.2 Å². The molecule has 1 fully saturated rings.